The van der Waals surface area contributed by atoms with Gasteiger partial charge in [0, 0.05) is 5.88 Å². The molecule has 3 aliphatic rings. The molecule has 1 saturated carbocycles. The minimum atomic E-state index is -0.183. The number of allylic oxidation sites excluding steroid dienone is 2. The molecule has 2 fully saturated rings. The van der Waals surface area contributed by atoms with Gasteiger partial charge in [-0.25, -0.2) is 0 Å². The second kappa shape index (κ2) is 3.57. The van der Waals surface area contributed by atoms with E-state index in [1.807, 2.05) is 0 Å². The summed E-state index contributed by atoms with van der Waals surface area (Å²) in [6.07, 6.45) is 5.06. The van der Waals surface area contributed by atoms with E-state index in [0.29, 0.717) is 0 Å². The molecule has 4 atom stereocenters. The Morgan fingerprint density at radius 3 is 2.31 bits per heavy atom. The van der Waals surface area contributed by atoms with Crippen LogP contribution in [0.25, 0.3) is 0 Å². The van der Waals surface area contributed by atoms with Gasteiger partial charge in [-0.2, -0.15) is 5.06 Å². The van der Waals surface area contributed by atoms with Crippen molar-refractivity contribution in [1.82, 2.24) is 5.06 Å². The van der Waals surface area contributed by atoms with Crippen molar-refractivity contribution in [3.8, 4) is 0 Å². The third kappa shape index (κ3) is 1.20. The van der Waals surface area contributed by atoms with Gasteiger partial charge in [0.05, 0.1) is 18.4 Å². The summed E-state index contributed by atoms with van der Waals surface area (Å²) in [5.41, 5.74) is 0. The normalized spacial score (nSPS) is 39.9. The van der Waals surface area contributed by atoms with E-state index in [4.69, 9.17) is 16.4 Å². The molecule has 2 amide bonds. The zero-order chi connectivity index (χ0) is 11.3. The number of hydroxylamine groups is 2. The highest BCUT2D eigenvalue weighted by molar-refractivity contribution is 6.18. The average molecular weight is 242 g/mol. The molecule has 0 radical (unpaired) electrons. The molecule has 5 heteroatoms. The van der Waals surface area contributed by atoms with Crippen LogP contribution in [0.3, 0.4) is 0 Å². The van der Waals surface area contributed by atoms with Crippen LogP contribution in [0, 0.1) is 23.7 Å². The van der Waals surface area contributed by atoms with Crippen molar-refractivity contribution in [2.45, 2.75) is 6.42 Å². The van der Waals surface area contributed by atoms with Gasteiger partial charge < -0.3 is 0 Å². The monoisotopic (exact) mass is 241 g/mol. The summed E-state index contributed by atoms with van der Waals surface area (Å²) in [5.74, 6) is 0.00834. The van der Waals surface area contributed by atoms with Gasteiger partial charge in [-0.3, -0.25) is 14.4 Å². The molecule has 3 rings (SSSR count). The van der Waals surface area contributed by atoms with E-state index < -0.39 is 0 Å². The van der Waals surface area contributed by atoms with E-state index in [1.54, 1.807) is 0 Å². The number of nitrogens with zero attached hydrogens (tertiary/aromatic N) is 1. The van der Waals surface area contributed by atoms with Crippen molar-refractivity contribution in [2.75, 3.05) is 12.5 Å². The Morgan fingerprint density at radius 1 is 1.25 bits per heavy atom. The van der Waals surface area contributed by atoms with Crippen molar-refractivity contribution < 1.29 is 14.4 Å². The molecular formula is C11H12ClNO3. The highest BCUT2D eigenvalue weighted by Crippen LogP contribution is 2.52. The van der Waals surface area contributed by atoms with Crippen molar-refractivity contribution in [2.24, 2.45) is 23.7 Å². The number of halogens is 1. The van der Waals surface area contributed by atoms with Gasteiger partial charge in [-0.15, -0.1) is 11.6 Å². The number of fused-ring (bicyclic) bond motifs is 5. The molecule has 2 bridgehead atoms. The summed E-state index contributed by atoms with van der Waals surface area (Å²) in [6.45, 7) is 0.196. The quantitative estimate of drug-likeness (QED) is 0.420. The highest BCUT2D eigenvalue weighted by Gasteiger charge is 2.60. The number of rotatable bonds is 3. The lowest BCUT2D eigenvalue weighted by molar-refractivity contribution is -0.188. The molecule has 4 nitrogen and oxygen atoms in total. The molecule has 0 aromatic rings. The van der Waals surface area contributed by atoms with Crippen LogP contribution in [0.15, 0.2) is 12.2 Å². The Hall–Kier alpha value is -0.870. The topological polar surface area (TPSA) is 46.6 Å². The molecule has 0 spiro atoms. The van der Waals surface area contributed by atoms with E-state index in [0.717, 1.165) is 11.5 Å². The van der Waals surface area contributed by atoms with Gasteiger partial charge in [-0.1, -0.05) is 12.2 Å². The maximum Gasteiger partial charge on any atom is 0.258 e. The third-order valence-electron chi connectivity index (χ3n) is 3.73. The zero-order valence-electron chi connectivity index (χ0n) is 8.64. The summed E-state index contributed by atoms with van der Waals surface area (Å²) in [6, 6.07) is 0. The van der Waals surface area contributed by atoms with E-state index in [-0.39, 0.29) is 48.0 Å². The zero-order valence-corrected chi connectivity index (χ0v) is 9.39. The van der Waals surface area contributed by atoms with Crippen LogP contribution in [0.4, 0.5) is 0 Å². The lowest BCUT2D eigenvalue weighted by atomic mass is 9.85. The van der Waals surface area contributed by atoms with Crippen molar-refractivity contribution in [3.05, 3.63) is 12.2 Å². The first-order valence-corrected chi connectivity index (χ1v) is 6.02. The number of hydrogen-bond acceptors (Lipinski definition) is 3. The van der Waals surface area contributed by atoms with Crippen LogP contribution in [0.5, 0.6) is 0 Å². The predicted molar refractivity (Wildman–Crippen MR) is 56.2 cm³/mol. The number of amides is 2. The van der Waals surface area contributed by atoms with Gasteiger partial charge in [0.1, 0.15) is 0 Å². The molecule has 0 aromatic heterocycles. The van der Waals surface area contributed by atoms with E-state index in [1.165, 1.54) is 0 Å². The first-order chi connectivity index (χ1) is 7.74. The highest BCUT2D eigenvalue weighted by atomic mass is 35.5. The first-order valence-electron chi connectivity index (χ1n) is 5.49. The van der Waals surface area contributed by atoms with Crippen LogP contribution in [0.2, 0.25) is 0 Å². The molecule has 2 aliphatic carbocycles. The number of hydrogen-bond donors (Lipinski definition) is 0. The van der Waals surface area contributed by atoms with Gasteiger partial charge in [-0.05, 0) is 18.3 Å². The Kier molecular flexibility index (Phi) is 2.30. The smallest absolute Gasteiger partial charge is 0.258 e. The molecule has 2 unspecified atom stereocenters. The second-order valence-electron chi connectivity index (χ2n) is 4.49. The van der Waals surface area contributed by atoms with Crippen molar-refractivity contribution in [1.29, 1.82) is 0 Å². The van der Waals surface area contributed by atoms with Gasteiger partial charge in [0.15, 0.2) is 0 Å². The molecule has 86 valence electrons. The third-order valence-corrected chi connectivity index (χ3v) is 3.88. The fraction of sp³-hybridized carbons (Fsp3) is 0.636. The Morgan fingerprint density at radius 2 is 1.81 bits per heavy atom. The minimum absolute atomic E-state index is 0.183. The molecule has 0 N–H and O–H groups in total. The van der Waals surface area contributed by atoms with E-state index >= 15 is 0 Å². The van der Waals surface area contributed by atoms with Crippen LogP contribution in [0.1, 0.15) is 6.42 Å². The van der Waals surface area contributed by atoms with Crippen molar-refractivity contribution >= 4 is 23.4 Å². The summed E-state index contributed by atoms with van der Waals surface area (Å²) in [4.78, 5) is 29.1. The lowest BCUT2D eigenvalue weighted by Crippen LogP contribution is -2.33. The van der Waals surface area contributed by atoms with E-state index in [2.05, 4.69) is 12.2 Å². The molecule has 16 heavy (non-hydrogen) atoms. The molecule has 1 heterocycles. The fourth-order valence-corrected chi connectivity index (χ4v) is 3.20. The van der Waals surface area contributed by atoms with Gasteiger partial charge >= 0.3 is 0 Å². The Labute approximate surface area is 98.1 Å². The van der Waals surface area contributed by atoms with Crippen molar-refractivity contribution in [3.63, 3.8) is 0 Å². The first kappa shape index (κ1) is 10.3. The largest absolute Gasteiger partial charge is 0.272 e. The minimum Gasteiger partial charge on any atom is -0.272 e. The summed E-state index contributed by atoms with van der Waals surface area (Å²) < 4.78 is 0. The molecule has 1 saturated heterocycles. The van der Waals surface area contributed by atoms with E-state index in [9.17, 15) is 9.59 Å². The maximum atomic E-state index is 12.0. The Balaban J connectivity index is 1.83. The summed E-state index contributed by atoms with van der Waals surface area (Å²) in [7, 11) is 0. The Bertz CT molecular complexity index is 351. The summed E-state index contributed by atoms with van der Waals surface area (Å²) >= 11 is 5.48. The number of carbonyl (C=O) groups is 2. The molecular weight excluding hydrogens is 230 g/mol. The second-order valence-corrected chi connectivity index (χ2v) is 4.87. The summed E-state index contributed by atoms with van der Waals surface area (Å²) in [5, 5.41) is 0.934. The van der Waals surface area contributed by atoms with Crippen LogP contribution in [-0.2, 0) is 14.4 Å². The predicted octanol–water partition coefficient (Wildman–Crippen LogP) is 0.964. The number of carbonyl (C=O) groups excluding carboxylic acids is 2. The maximum absolute atomic E-state index is 12.0. The van der Waals surface area contributed by atoms with Crippen LogP contribution < -0.4 is 0 Å². The van der Waals surface area contributed by atoms with Gasteiger partial charge in [0.2, 0.25) is 0 Å². The van der Waals surface area contributed by atoms with Crippen LogP contribution >= 0.6 is 11.6 Å². The van der Waals surface area contributed by atoms with Gasteiger partial charge in [0.25, 0.3) is 11.8 Å². The fourth-order valence-electron chi connectivity index (χ4n) is 3.13. The standard InChI is InChI=1S/C11H12ClNO3/c12-3-4-16-13-10(14)8-6-1-2-7(5-6)9(8)11(13)15/h1-2,6-9H,3-5H2/t6-,7+,8?,9?. The number of imide groups is 1. The number of alkyl halides is 1. The van der Waals surface area contributed by atoms with Crippen LogP contribution in [-0.4, -0.2) is 29.4 Å². The lowest BCUT2D eigenvalue weighted by Gasteiger charge is -2.15. The SMILES string of the molecule is O=C1C2C(C(=O)N1OCCCl)[C@H]1C=C[C@@H]2C1. The molecule has 0 aromatic carbocycles. The molecule has 1 aliphatic heterocycles. The average Bonchev–Trinajstić information content (AvgIpc) is 2.92.